The van der Waals surface area contributed by atoms with Crippen LogP contribution in [-0.4, -0.2) is 24.0 Å². The Morgan fingerprint density at radius 3 is 3.18 bits per heavy atom. The number of nitrogens with zero attached hydrogens (tertiary/aromatic N) is 2. The maximum Gasteiger partial charge on any atom is 0.217 e. The fourth-order valence-corrected chi connectivity index (χ4v) is 3.56. The summed E-state index contributed by atoms with van der Waals surface area (Å²) in [5, 5.41) is 5.84. The Morgan fingerprint density at radius 1 is 1.55 bits per heavy atom. The topological polar surface area (TPSA) is 58.4 Å². The maximum absolute atomic E-state index is 10.9. The minimum atomic E-state index is -0.0619. The standard InChI is InChI=1S/C16H21N3O2S/c1-11-4-3-7-19(9-11)16-18-14(10-22-16)15-6-5-13(21-15)8-17-12(2)20/h5-6,10-11H,3-4,7-9H2,1-2H3,(H,17,20). The lowest BCUT2D eigenvalue weighted by molar-refractivity contribution is -0.119. The van der Waals surface area contributed by atoms with E-state index in [4.69, 9.17) is 9.40 Å². The van der Waals surface area contributed by atoms with Crippen molar-refractivity contribution < 1.29 is 9.21 Å². The van der Waals surface area contributed by atoms with E-state index in [0.29, 0.717) is 6.54 Å². The first kappa shape index (κ1) is 15.1. The first-order chi connectivity index (χ1) is 10.6. The Morgan fingerprint density at radius 2 is 2.41 bits per heavy atom. The normalized spacial score (nSPS) is 18.5. The van der Waals surface area contributed by atoms with Gasteiger partial charge in [0, 0.05) is 25.4 Å². The average Bonchev–Trinajstić information content (AvgIpc) is 3.14. The van der Waals surface area contributed by atoms with E-state index in [1.807, 2.05) is 17.5 Å². The van der Waals surface area contributed by atoms with Gasteiger partial charge in [-0.2, -0.15) is 0 Å². The van der Waals surface area contributed by atoms with Crippen LogP contribution in [0.4, 0.5) is 5.13 Å². The molecule has 3 rings (SSSR count). The average molecular weight is 319 g/mol. The molecule has 0 bridgehead atoms. The van der Waals surface area contributed by atoms with Crippen LogP contribution >= 0.6 is 11.3 Å². The van der Waals surface area contributed by atoms with Crippen LogP contribution in [0.25, 0.3) is 11.5 Å². The van der Waals surface area contributed by atoms with E-state index < -0.39 is 0 Å². The Bertz CT molecular complexity index is 649. The van der Waals surface area contributed by atoms with Crippen LogP contribution in [0.15, 0.2) is 21.9 Å². The van der Waals surface area contributed by atoms with Crippen LogP contribution in [0, 0.1) is 5.92 Å². The molecule has 0 spiro atoms. The largest absolute Gasteiger partial charge is 0.458 e. The third kappa shape index (κ3) is 3.50. The van der Waals surface area contributed by atoms with Crippen molar-refractivity contribution in [3.8, 4) is 11.5 Å². The molecule has 6 heteroatoms. The van der Waals surface area contributed by atoms with Crippen molar-refractivity contribution in [2.24, 2.45) is 5.92 Å². The molecule has 1 unspecified atom stereocenters. The van der Waals surface area contributed by atoms with Crippen molar-refractivity contribution in [2.75, 3.05) is 18.0 Å². The van der Waals surface area contributed by atoms with E-state index in [1.54, 1.807) is 11.3 Å². The Balaban J connectivity index is 1.69. The molecule has 3 heterocycles. The van der Waals surface area contributed by atoms with E-state index in [2.05, 4.69) is 17.1 Å². The zero-order valence-corrected chi connectivity index (χ0v) is 13.8. The van der Waals surface area contributed by atoms with Crippen LogP contribution in [0.2, 0.25) is 0 Å². The van der Waals surface area contributed by atoms with Crippen molar-refractivity contribution >= 4 is 22.4 Å². The van der Waals surface area contributed by atoms with E-state index in [9.17, 15) is 4.79 Å². The summed E-state index contributed by atoms with van der Waals surface area (Å²) in [6.07, 6.45) is 2.54. The van der Waals surface area contributed by atoms with Gasteiger partial charge in [-0.1, -0.05) is 6.92 Å². The SMILES string of the molecule is CC(=O)NCc1ccc(-c2csc(N3CCCC(C)C3)n2)o1. The lowest BCUT2D eigenvalue weighted by Crippen LogP contribution is -2.34. The van der Waals surface area contributed by atoms with Gasteiger partial charge in [-0.25, -0.2) is 4.98 Å². The van der Waals surface area contributed by atoms with Crippen LogP contribution < -0.4 is 10.2 Å². The number of aromatic nitrogens is 1. The molecule has 1 saturated heterocycles. The summed E-state index contributed by atoms with van der Waals surface area (Å²) >= 11 is 1.67. The summed E-state index contributed by atoms with van der Waals surface area (Å²) in [5.74, 6) is 2.17. The number of thiazole rings is 1. The lowest BCUT2D eigenvalue weighted by Gasteiger charge is -2.30. The molecule has 5 nitrogen and oxygen atoms in total. The summed E-state index contributed by atoms with van der Waals surface area (Å²) < 4.78 is 5.75. The highest BCUT2D eigenvalue weighted by Gasteiger charge is 2.20. The number of nitrogens with one attached hydrogen (secondary N) is 1. The zero-order chi connectivity index (χ0) is 15.5. The van der Waals surface area contributed by atoms with Crippen molar-refractivity contribution in [2.45, 2.75) is 33.2 Å². The predicted molar refractivity (Wildman–Crippen MR) is 87.9 cm³/mol. The van der Waals surface area contributed by atoms with Gasteiger partial charge in [0.15, 0.2) is 10.9 Å². The molecule has 22 heavy (non-hydrogen) atoms. The first-order valence-electron chi connectivity index (χ1n) is 7.66. The lowest BCUT2D eigenvalue weighted by atomic mass is 10.0. The molecule has 0 radical (unpaired) electrons. The number of rotatable bonds is 4. The van der Waals surface area contributed by atoms with E-state index in [-0.39, 0.29) is 5.91 Å². The molecule has 1 N–H and O–H groups in total. The van der Waals surface area contributed by atoms with Crippen LogP contribution in [0.5, 0.6) is 0 Å². The Kier molecular flexibility index (Phi) is 4.47. The summed E-state index contributed by atoms with van der Waals surface area (Å²) in [6.45, 7) is 6.37. The smallest absolute Gasteiger partial charge is 0.217 e. The fourth-order valence-electron chi connectivity index (χ4n) is 2.71. The number of furan rings is 1. The molecule has 1 atom stereocenters. The Hall–Kier alpha value is -1.82. The van der Waals surface area contributed by atoms with Gasteiger partial charge in [0.25, 0.3) is 0 Å². The fraction of sp³-hybridized carbons (Fsp3) is 0.500. The van der Waals surface area contributed by atoms with Gasteiger partial charge >= 0.3 is 0 Å². The highest BCUT2D eigenvalue weighted by Crippen LogP contribution is 2.31. The van der Waals surface area contributed by atoms with E-state index in [1.165, 1.54) is 19.8 Å². The van der Waals surface area contributed by atoms with E-state index >= 15 is 0 Å². The number of amides is 1. The zero-order valence-electron chi connectivity index (χ0n) is 13.0. The summed E-state index contributed by atoms with van der Waals surface area (Å²) in [4.78, 5) is 18.0. The van der Waals surface area contributed by atoms with Crippen molar-refractivity contribution in [3.05, 3.63) is 23.3 Å². The minimum Gasteiger partial charge on any atom is -0.458 e. The van der Waals surface area contributed by atoms with Gasteiger partial charge in [0.1, 0.15) is 11.5 Å². The van der Waals surface area contributed by atoms with Gasteiger partial charge in [-0.05, 0) is 30.9 Å². The third-order valence-electron chi connectivity index (χ3n) is 3.85. The van der Waals surface area contributed by atoms with Gasteiger partial charge in [0.05, 0.1) is 6.54 Å². The maximum atomic E-state index is 10.9. The number of piperidine rings is 1. The molecule has 0 aromatic carbocycles. The van der Waals surface area contributed by atoms with E-state index in [0.717, 1.165) is 41.4 Å². The third-order valence-corrected chi connectivity index (χ3v) is 4.75. The van der Waals surface area contributed by atoms with Gasteiger partial charge < -0.3 is 14.6 Å². The van der Waals surface area contributed by atoms with Gasteiger partial charge in [0.2, 0.25) is 5.91 Å². The molecule has 1 amide bonds. The summed E-state index contributed by atoms with van der Waals surface area (Å²) in [6, 6.07) is 3.79. The molecular weight excluding hydrogens is 298 g/mol. The molecule has 1 aliphatic heterocycles. The minimum absolute atomic E-state index is 0.0619. The molecule has 1 aliphatic rings. The second kappa shape index (κ2) is 6.52. The first-order valence-corrected chi connectivity index (χ1v) is 8.54. The number of hydrogen-bond donors (Lipinski definition) is 1. The molecular formula is C16H21N3O2S. The van der Waals surface area contributed by atoms with Gasteiger partial charge in [-0.15, -0.1) is 11.3 Å². The summed E-state index contributed by atoms with van der Waals surface area (Å²) in [5.41, 5.74) is 0.868. The second-order valence-electron chi connectivity index (χ2n) is 5.88. The summed E-state index contributed by atoms with van der Waals surface area (Å²) in [7, 11) is 0. The number of anilines is 1. The quantitative estimate of drug-likeness (QED) is 0.939. The van der Waals surface area contributed by atoms with Gasteiger partial charge in [-0.3, -0.25) is 4.79 Å². The number of carbonyl (C=O) groups excluding carboxylic acids is 1. The highest BCUT2D eigenvalue weighted by molar-refractivity contribution is 7.14. The van der Waals surface area contributed by atoms with Crippen molar-refractivity contribution in [1.29, 1.82) is 0 Å². The number of carbonyl (C=O) groups is 1. The highest BCUT2D eigenvalue weighted by atomic mass is 32.1. The van der Waals surface area contributed by atoms with Crippen molar-refractivity contribution in [1.82, 2.24) is 10.3 Å². The molecule has 118 valence electrons. The van der Waals surface area contributed by atoms with Crippen LogP contribution in [0.3, 0.4) is 0 Å². The van der Waals surface area contributed by atoms with Crippen LogP contribution in [-0.2, 0) is 11.3 Å². The van der Waals surface area contributed by atoms with Crippen molar-refractivity contribution in [3.63, 3.8) is 0 Å². The molecule has 2 aromatic rings. The molecule has 1 fully saturated rings. The number of hydrogen-bond acceptors (Lipinski definition) is 5. The monoisotopic (exact) mass is 319 g/mol. The Labute approximate surface area is 134 Å². The molecule has 2 aromatic heterocycles. The molecule has 0 saturated carbocycles. The second-order valence-corrected chi connectivity index (χ2v) is 6.72. The predicted octanol–water partition coefficient (Wildman–Crippen LogP) is 3.28. The van der Waals surface area contributed by atoms with Crippen LogP contribution in [0.1, 0.15) is 32.4 Å². The molecule has 0 aliphatic carbocycles.